The highest BCUT2D eigenvalue weighted by atomic mass is 32.2. The van der Waals surface area contributed by atoms with Crippen molar-refractivity contribution in [1.29, 1.82) is 0 Å². The van der Waals surface area contributed by atoms with Crippen molar-refractivity contribution in [3.63, 3.8) is 0 Å². The molecule has 0 aliphatic rings. The van der Waals surface area contributed by atoms with Gasteiger partial charge in [-0.3, -0.25) is 9.59 Å². The molecule has 0 radical (unpaired) electrons. The van der Waals surface area contributed by atoms with Crippen LogP contribution in [0.4, 0.5) is 5.69 Å². The Hall–Kier alpha value is -2.91. The summed E-state index contributed by atoms with van der Waals surface area (Å²) >= 11 is 0. The van der Waals surface area contributed by atoms with Crippen molar-refractivity contribution in [3.8, 4) is 0 Å². The molecule has 0 heterocycles. The van der Waals surface area contributed by atoms with Crippen LogP contribution in [0.1, 0.15) is 56.4 Å². The monoisotopic (exact) mass is 530 g/mol. The highest BCUT2D eigenvalue weighted by Gasteiger charge is 2.35. The molecule has 0 aliphatic carbocycles. The molecular formula is C28H42N4O4S. The summed E-state index contributed by atoms with van der Waals surface area (Å²) < 4.78 is 29.1. The molecule has 0 saturated carbocycles. The van der Waals surface area contributed by atoms with Gasteiger partial charge in [0.15, 0.2) is 0 Å². The topological polar surface area (TPSA) is 90.0 Å². The van der Waals surface area contributed by atoms with Gasteiger partial charge in [-0.2, -0.15) is 12.7 Å². The van der Waals surface area contributed by atoms with Crippen molar-refractivity contribution in [1.82, 2.24) is 14.5 Å². The Balaban J connectivity index is 2.58. The van der Waals surface area contributed by atoms with Gasteiger partial charge >= 0.3 is 10.2 Å². The molecule has 0 unspecified atom stereocenters. The zero-order valence-electron chi connectivity index (χ0n) is 23.6. The number of amides is 2. The van der Waals surface area contributed by atoms with E-state index in [9.17, 15) is 18.0 Å². The maximum atomic E-state index is 14.0. The van der Waals surface area contributed by atoms with Gasteiger partial charge in [0, 0.05) is 26.2 Å². The third-order valence-electron chi connectivity index (χ3n) is 5.97. The molecule has 0 aliphatic heterocycles. The van der Waals surface area contributed by atoms with Crippen molar-refractivity contribution >= 4 is 27.7 Å². The maximum Gasteiger partial charge on any atom is 0.304 e. The van der Waals surface area contributed by atoms with Crippen LogP contribution in [0.25, 0.3) is 0 Å². The first-order valence-corrected chi connectivity index (χ1v) is 13.9. The van der Waals surface area contributed by atoms with Gasteiger partial charge in [-0.15, -0.1) is 0 Å². The van der Waals surface area contributed by atoms with E-state index in [-0.39, 0.29) is 12.5 Å². The van der Waals surface area contributed by atoms with E-state index in [2.05, 4.69) is 5.32 Å². The van der Waals surface area contributed by atoms with Gasteiger partial charge in [0.25, 0.3) is 0 Å². The van der Waals surface area contributed by atoms with E-state index in [1.807, 2.05) is 84.9 Å². The summed E-state index contributed by atoms with van der Waals surface area (Å²) in [5, 5.41) is 2.98. The predicted octanol–water partition coefficient (Wildman–Crippen LogP) is 3.95. The second-order valence-corrected chi connectivity index (χ2v) is 12.8. The van der Waals surface area contributed by atoms with E-state index in [1.165, 1.54) is 19.0 Å². The van der Waals surface area contributed by atoms with E-state index in [0.717, 1.165) is 30.9 Å². The Morgan fingerprint density at radius 3 is 2.14 bits per heavy atom. The number of carbonyl (C=O) groups excluding carboxylic acids is 2. The molecule has 8 nitrogen and oxygen atoms in total. The summed E-state index contributed by atoms with van der Waals surface area (Å²) in [5.41, 5.74) is 3.45. The normalized spacial score (nSPS) is 12.8. The van der Waals surface area contributed by atoms with Gasteiger partial charge < -0.3 is 10.2 Å². The molecule has 2 aromatic rings. The number of carbonyl (C=O) groups is 2. The molecule has 9 heteroatoms. The van der Waals surface area contributed by atoms with Crippen LogP contribution in [-0.4, -0.2) is 61.7 Å². The highest BCUT2D eigenvalue weighted by Crippen LogP contribution is 2.26. The Morgan fingerprint density at radius 2 is 1.59 bits per heavy atom. The van der Waals surface area contributed by atoms with Crippen LogP contribution in [0.2, 0.25) is 0 Å². The number of anilines is 1. The van der Waals surface area contributed by atoms with Crippen LogP contribution in [0.5, 0.6) is 0 Å². The van der Waals surface area contributed by atoms with Crippen LogP contribution in [0.3, 0.4) is 0 Å². The fraction of sp³-hybridized carbons (Fsp3) is 0.500. The smallest absolute Gasteiger partial charge is 0.304 e. The van der Waals surface area contributed by atoms with Gasteiger partial charge in [-0.1, -0.05) is 48.9 Å². The fourth-order valence-corrected chi connectivity index (χ4v) is 5.18. The number of aryl methyl sites for hydroxylation is 3. The van der Waals surface area contributed by atoms with Crippen molar-refractivity contribution in [2.45, 2.75) is 73.0 Å². The molecule has 0 aromatic heterocycles. The summed E-state index contributed by atoms with van der Waals surface area (Å²) in [5.74, 6) is -0.728. The largest absolute Gasteiger partial charge is 0.350 e. The number of rotatable bonds is 10. The van der Waals surface area contributed by atoms with Crippen molar-refractivity contribution in [2.24, 2.45) is 0 Å². The van der Waals surface area contributed by atoms with E-state index >= 15 is 0 Å². The third kappa shape index (κ3) is 8.04. The molecule has 1 N–H and O–H groups in total. The molecule has 0 saturated heterocycles. The SMILES string of the molecule is CC[C@@H](C(=O)NC(C)(C)C)N(Cc1cccc(C)c1)C(=O)CN(c1cc(C)ccc1C)S(=O)(=O)N(C)C. The zero-order chi connectivity index (χ0) is 28.1. The van der Waals surface area contributed by atoms with Gasteiger partial charge in [-0.05, 0) is 70.7 Å². The lowest BCUT2D eigenvalue weighted by Gasteiger charge is -2.35. The minimum atomic E-state index is -4.00. The molecule has 0 fully saturated rings. The first kappa shape index (κ1) is 30.3. The first-order valence-electron chi connectivity index (χ1n) is 12.5. The summed E-state index contributed by atoms with van der Waals surface area (Å²) in [6.07, 6.45) is 0.378. The lowest BCUT2D eigenvalue weighted by atomic mass is 10.0. The second kappa shape index (κ2) is 12.1. The molecule has 0 spiro atoms. The first-order chi connectivity index (χ1) is 17.1. The van der Waals surface area contributed by atoms with Crippen molar-refractivity contribution in [3.05, 3.63) is 64.7 Å². The van der Waals surface area contributed by atoms with E-state index in [4.69, 9.17) is 0 Å². The summed E-state index contributed by atoms with van der Waals surface area (Å²) in [7, 11) is -1.13. The molecule has 0 bridgehead atoms. The third-order valence-corrected chi connectivity index (χ3v) is 7.78. The molecule has 1 atom stereocenters. The molecule has 204 valence electrons. The Bertz CT molecular complexity index is 1220. The van der Waals surface area contributed by atoms with Crippen LogP contribution < -0.4 is 9.62 Å². The van der Waals surface area contributed by atoms with Crippen LogP contribution in [0.15, 0.2) is 42.5 Å². The number of nitrogens with one attached hydrogen (secondary N) is 1. The highest BCUT2D eigenvalue weighted by molar-refractivity contribution is 7.90. The molecule has 2 rings (SSSR count). The number of benzene rings is 2. The van der Waals surface area contributed by atoms with Crippen LogP contribution in [0, 0.1) is 20.8 Å². The van der Waals surface area contributed by atoms with Crippen LogP contribution in [-0.2, 0) is 26.3 Å². The van der Waals surface area contributed by atoms with Gasteiger partial charge in [0.2, 0.25) is 11.8 Å². The molecule has 2 amide bonds. The van der Waals surface area contributed by atoms with Gasteiger partial charge in [-0.25, -0.2) is 4.31 Å². The average Bonchev–Trinajstić information content (AvgIpc) is 2.77. The average molecular weight is 531 g/mol. The Kier molecular flexibility index (Phi) is 9.91. The summed E-state index contributed by atoms with van der Waals surface area (Å²) in [6.45, 7) is 12.9. The lowest BCUT2D eigenvalue weighted by molar-refractivity contribution is -0.141. The predicted molar refractivity (Wildman–Crippen MR) is 150 cm³/mol. The van der Waals surface area contributed by atoms with Crippen molar-refractivity contribution < 1.29 is 18.0 Å². The Labute approximate surface area is 222 Å². The van der Waals surface area contributed by atoms with Crippen LogP contribution >= 0.6 is 0 Å². The van der Waals surface area contributed by atoms with Crippen molar-refractivity contribution in [2.75, 3.05) is 24.9 Å². The minimum Gasteiger partial charge on any atom is -0.350 e. The number of nitrogens with zero attached hydrogens (tertiary/aromatic N) is 3. The minimum absolute atomic E-state index is 0.180. The lowest BCUT2D eigenvalue weighted by Crippen LogP contribution is -2.55. The van der Waals surface area contributed by atoms with Gasteiger partial charge in [0.1, 0.15) is 12.6 Å². The fourth-order valence-electron chi connectivity index (χ4n) is 4.07. The van der Waals surface area contributed by atoms with E-state index < -0.39 is 34.2 Å². The zero-order valence-corrected chi connectivity index (χ0v) is 24.4. The molecular weight excluding hydrogens is 488 g/mol. The number of hydrogen-bond acceptors (Lipinski definition) is 4. The second-order valence-electron chi connectivity index (χ2n) is 10.8. The Morgan fingerprint density at radius 1 is 0.973 bits per heavy atom. The standard InChI is InChI=1S/C28H42N4O4S/c1-10-24(27(34)29-28(5,6)7)31(18-23-13-11-12-20(2)16-23)26(33)19-32(37(35,36)30(8)9)25-17-21(3)14-15-22(25)4/h11-17,24H,10,18-19H2,1-9H3,(H,29,34)/t24-/m0/s1. The quantitative estimate of drug-likeness (QED) is 0.504. The molecule has 2 aromatic carbocycles. The van der Waals surface area contributed by atoms with Gasteiger partial charge in [0.05, 0.1) is 5.69 Å². The maximum absolute atomic E-state index is 14.0. The summed E-state index contributed by atoms with van der Waals surface area (Å²) in [4.78, 5) is 28.8. The number of hydrogen-bond donors (Lipinski definition) is 1. The van der Waals surface area contributed by atoms with E-state index in [0.29, 0.717) is 12.1 Å². The molecule has 37 heavy (non-hydrogen) atoms. The summed E-state index contributed by atoms with van der Waals surface area (Å²) in [6, 6.07) is 12.5. The van der Waals surface area contributed by atoms with E-state index in [1.54, 1.807) is 6.07 Å².